The van der Waals surface area contributed by atoms with Gasteiger partial charge in [0.15, 0.2) is 0 Å². The molecular formula is C13H14N4O. The number of benzene rings is 1. The van der Waals surface area contributed by atoms with Gasteiger partial charge < -0.3 is 10.6 Å². The Balaban J connectivity index is 2.54. The molecule has 0 spiro atoms. The van der Waals surface area contributed by atoms with Crippen LogP contribution >= 0.6 is 0 Å². The predicted octanol–water partition coefficient (Wildman–Crippen LogP) is 1.31. The molecule has 0 radical (unpaired) electrons. The van der Waals surface area contributed by atoms with E-state index in [0.29, 0.717) is 24.2 Å². The fourth-order valence-electron chi connectivity index (χ4n) is 1.46. The maximum atomic E-state index is 11.4. The molecule has 1 rings (SSSR count). The van der Waals surface area contributed by atoms with Crippen LogP contribution in [-0.4, -0.2) is 19.0 Å². The van der Waals surface area contributed by atoms with Gasteiger partial charge in [-0.15, -0.1) is 0 Å². The summed E-state index contributed by atoms with van der Waals surface area (Å²) in [5.41, 5.74) is 2.06. The van der Waals surface area contributed by atoms with Gasteiger partial charge in [0.25, 0.3) is 0 Å². The van der Waals surface area contributed by atoms with Crippen molar-refractivity contribution in [2.24, 2.45) is 0 Å². The van der Waals surface area contributed by atoms with Crippen molar-refractivity contribution >= 4 is 11.6 Å². The number of aryl methyl sites for hydroxylation is 1. The van der Waals surface area contributed by atoms with Crippen LogP contribution in [0.25, 0.3) is 0 Å². The highest BCUT2D eigenvalue weighted by molar-refractivity contribution is 5.81. The maximum Gasteiger partial charge on any atom is 0.239 e. The number of nitrogens with one attached hydrogen (secondary N) is 2. The van der Waals surface area contributed by atoms with E-state index in [1.165, 1.54) is 0 Å². The van der Waals surface area contributed by atoms with Gasteiger partial charge in [0, 0.05) is 6.54 Å². The lowest BCUT2D eigenvalue weighted by molar-refractivity contribution is -0.119. The first kappa shape index (κ1) is 13.5. The van der Waals surface area contributed by atoms with Crippen LogP contribution in [0, 0.1) is 29.6 Å². The van der Waals surface area contributed by atoms with Crippen LogP contribution in [-0.2, 0) is 4.79 Å². The van der Waals surface area contributed by atoms with Crippen molar-refractivity contribution in [3.8, 4) is 12.1 Å². The summed E-state index contributed by atoms with van der Waals surface area (Å²) in [5.74, 6) is -0.198. The number of hydrogen-bond donors (Lipinski definition) is 2. The van der Waals surface area contributed by atoms with Crippen LogP contribution in [0.3, 0.4) is 0 Å². The molecule has 1 aromatic carbocycles. The van der Waals surface area contributed by atoms with E-state index in [2.05, 4.69) is 16.7 Å². The molecule has 0 aliphatic rings. The highest BCUT2D eigenvalue weighted by Crippen LogP contribution is 2.17. The molecule has 5 heteroatoms. The van der Waals surface area contributed by atoms with Gasteiger partial charge in [-0.3, -0.25) is 4.79 Å². The number of hydrogen-bond acceptors (Lipinski definition) is 4. The van der Waals surface area contributed by atoms with Gasteiger partial charge in [0.1, 0.15) is 6.07 Å². The first-order chi connectivity index (χ1) is 8.69. The van der Waals surface area contributed by atoms with Crippen LogP contribution in [0.2, 0.25) is 0 Å². The minimum Gasteiger partial charge on any atom is -0.375 e. The average molecular weight is 242 g/mol. The van der Waals surface area contributed by atoms with Gasteiger partial charge in [-0.05, 0) is 18.6 Å². The van der Waals surface area contributed by atoms with Crippen molar-refractivity contribution in [2.45, 2.75) is 13.3 Å². The van der Waals surface area contributed by atoms with E-state index in [9.17, 15) is 4.79 Å². The van der Waals surface area contributed by atoms with E-state index in [1.54, 1.807) is 6.07 Å². The number of nitrogens with zero attached hydrogens (tertiary/aromatic N) is 2. The second kappa shape index (κ2) is 6.93. The van der Waals surface area contributed by atoms with Crippen molar-refractivity contribution in [1.82, 2.24) is 5.32 Å². The summed E-state index contributed by atoms with van der Waals surface area (Å²) in [7, 11) is 0. The second-order valence-electron chi connectivity index (χ2n) is 3.72. The first-order valence-corrected chi connectivity index (χ1v) is 5.56. The number of carbonyl (C=O) groups is 1. The van der Waals surface area contributed by atoms with Crippen molar-refractivity contribution in [3.05, 3.63) is 29.3 Å². The molecule has 0 atom stereocenters. The first-order valence-electron chi connectivity index (χ1n) is 5.56. The molecule has 2 N–H and O–H groups in total. The van der Waals surface area contributed by atoms with E-state index in [1.807, 2.05) is 25.1 Å². The van der Waals surface area contributed by atoms with Crippen molar-refractivity contribution in [2.75, 3.05) is 18.4 Å². The molecule has 92 valence electrons. The van der Waals surface area contributed by atoms with Crippen molar-refractivity contribution < 1.29 is 4.79 Å². The minimum absolute atomic E-state index is 0.0869. The van der Waals surface area contributed by atoms with Gasteiger partial charge in [-0.25, -0.2) is 0 Å². The lowest BCUT2D eigenvalue weighted by Crippen LogP contribution is -2.30. The highest BCUT2D eigenvalue weighted by atomic mass is 16.1. The molecule has 0 bridgehead atoms. The van der Waals surface area contributed by atoms with Crippen LogP contribution in [0.4, 0.5) is 5.69 Å². The molecule has 18 heavy (non-hydrogen) atoms. The molecular weight excluding hydrogens is 228 g/mol. The number of anilines is 1. The highest BCUT2D eigenvalue weighted by Gasteiger charge is 2.06. The Kier molecular flexibility index (Phi) is 5.21. The van der Waals surface area contributed by atoms with E-state index < -0.39 is 0 Å². The standard InChI is InChI=1S/C13H14N4O/c1-10-4-2-5-12(11(10)8-15)17-9-13(18)16-7-3-6-14/h2,4-5,17H,3,7,9H2,1H3,(H,16,18). The topological polar surface area (TPSA) is 88.7 Å². The lowest BCUT2D eigenvalue weighted by atomic mass is 10.1. The molecule has 0 aliphatic carbocycles. The monoisotopic (exact) mass is 242 g/mol. The SMILES string of the molecule is Cc1cccc(NCC(=O)NCCC#N)c1C#N. The third-order valence-electron chi connectivity index (χ3n) is 2.38. The molecule has 0 aliphatic heterocycles. The molecule has 0 heterocycles. The summed E-state index contributed by atoms with van der Waals surface area (Å²) >= 11 is 0. The summed E-state index contributed by atoms with van der Waals surface area (Å²) in [6, 6.07) is 9.47. The van der Waals surface area contributed by atoms with Crippen LogP contribution < -0.4 is 10.6 Å². The van der Waals surface area contributed by atoms with Crippen molar-refractivity contribution in [3.63, 3.8) is 0 Å². The third-order valence-corrected chi connectivity index (χ3v) is 2.38. The van der Waals surface area contributed by atoms with E-state index >= 15 is 0 Å². The van der Waals surface area contributed by atoms with E-state index in [-0.39, 0.29) is 12.5 Å². The minimum atomic E-state index is -0.198. The zero-order chi connectivity index (χ0) is 13.4. The molecule has 1 amide bonds. The summed E-state index contributed by atoms with van der Waals surface area (Å²) in [6.45, 7) is 2.27. The van der Waals surface area contributed by atoms with Gasteiger partial charge in [-0.2, -0.15) is 10.5 Å². The van der Waals surface area contributed by atoms with Crippen LogP contribution in [0.15, 0.2) is 18.2 Å². The number of amides is 1. The molecule has 0 fully saturated rings. The maximum absolute atomic E-state index is 11.4. The van der Waals surface area contributed by atoms with Crippen LogP contribution in [0.1, 0.15) is 17.5 Å². The average Bonchev–Trinajstić information content (AvgIpc) is 2.36. The Labute approximate surface area is 106 Å². The van der Waals surface area contributed by atoms with Gasteiger partial charge in [-0.1, -0.05) is 12.1 Å². The Morgan fingerprint density at radius 1 is 1.39 bits per heavy atom. The predicted molar refractivity (Wildman–Crippen MR) is 67.6 cm³/mol. The van der Waals surface area contributed by atoms with E-state index in [4.69, 9.17) is 10.5 Å². The van der Waals surface area contributed by atoms with Crippen LogP contribution in [0.5, 0.6) is 0 Å². The second-order valence-corrected chi connectivity index (χ2v) is 3.72. The molecule has 0 aromatic heterocycles. The third kappa shape index (κ3) is 3.80. The number of nitriles is 2. The Morgan fingerprint density at radius 3 is 2.83 bits per heavy atom. The van der Waals surface area contributed by atoms with Crippen molar-refractivity contribution in [1.29, 1.82) is 10.5 Å². The zero-order valence-electron chi connectivity index (χ0n) is 10.2. The lowest BCUT2D eigenvalue weighted by Gasteiger charge is -2.09. The quantitative estimate of drug-likeness (QED) is 0.762. The van der Waals surface area contributed by atoms with E-state index in [0.717, 1.165) is 5.56 Å². The largest absolute Gasteiger partial charge is 0.375 e. The Hall–Kier alpha value is -2.53. The van der Waals surface area contributed by atoms with Gasteiger partial charge in [0.05, 0.1) is 30.3 Å². The summed E-state index contributed by atoms with van der Waals surface area (Å²) in [5, 5.41) is 22.9. The molecule has 0 unspecified atom stereocenters. The summed E-state index contributed by atoms with van der Waals surface area (Å²) in [4.78, 5) is 11.4. The Bertz CT molecular complexity index is 511. The Morgan fingerprint density at radius 2 is 2.17 bits per heavy atom. The molecule has 1 aromatic rings. The summed E-state index contributed by atoms with van der Waals surface area (Å²) in [6.07, 6.45) is 0.291. The van der Waals surface area contributed by atoms with Gasteiger partial charge in [0.2, 0.25) is 5.91 Å². The molecule has 0 saturated heterocycles. The number of carbonyl (C=O) groups excluding carboxylic acids is 1. The number of rotatable bonds is 5. The fraction of sp³-hybridized carbons (Fsp3) is 0.308. The fourth-order valence-corrected chi connectivity index (χ4v) is 1.46. The van der Waals surface area contributed by atoms with Gasteiger partial charge >= 0.3 is 0 Å². The molecule has 0 saturated carbocycles. The molecule has 5 nitrogen and oxygen atoms in total. The summed E-state index contributed by atoms with van der Waals surface area (Å²) < 4.78 is 0. The normalized spacial score (nSPS) is 9.06. The smallest absolute Gasteiger partial charge is 0.239 e. The zero-order valence-corrected chi connectivity index (χ0v) is 10.2.